The van der Waals surface area contributed by atoms with Gasteiger partial charge in [-0.1, -0.05) is 12.1 Å². The number of sulfonamides is 1. The molecule has 90 valence electrons. The van der Waals surface area contributed by atoms with Gasteiger partial charge >= 0.3 is 0 Å². The van der Waals surface area contributed by atoms with E-state index in [1.54, 1.807) is 31.2 Å². The Labute approximate surface area is 95.3 Å². The fourth-order valence-electron chi connectivity index (χ4n) is 1.22. The van der Waals surface area contributed by atoms with Crippen LogP contribution in [0.4, 0.5) is 5.69 Å². The number of benzene rings is 1. The molecule has 0 aliphatic rings. The van der Waals surface area contributed by atoms with Crippen LogP contribution in [0.15, 0.2) is 24.3 Å². The van der Waals surface area contributed by atoms with Gasteiger partial charge in [0, 0.05) is 11.7 Å². The summed E-state index contributed by atoms with van der Waals surface area (Å²) in [6.07, 6.45) is 0. The average Bonchev–Trinajstić information content (AvgIpc) is 2.20. The van der Waals surface area contributed by atoms with Crippen molar-refractivity contribution in [1.82, 2.24) is 4.72 Å². The summed E-state index contributed by atoms with van der Waals surface area (Å²) in [5, 5.41) is 8.76. The summed E-state index contributed by atoms with van der Waals surface area (Å²) in [5.74, 6) is -0.113. The van der Waals surface area contributed by atoms with Gasteiger partial charge in [-0.25, -0.2) is 13.1 Å². The van der Waals surface area contributed by atoms with Gasteiger partial charge in [-0.15, -0.1) is 0 Å². The van der Waals surface area contributed by atoms with Crippen LogP contribution in [0.1, 0.15) is 12.5 Å². The highest BCUT2D eigenvalue weighted by atomic mass is 32.2. The third-order valence-corrected chi connectivity index (χ3v) is 3.47. The van der Waals surface area contributed by atoms with Crippen molar-refractivity contribution in [1.29, 1.82) is 0 Å². The molecular weight excluding hydrogens is 228 g/mol. The number of anilines is 1. The normalized spacial score (nSPS) is 13.6. The van der Waals surface area contributed by atoms with Crippen molar-refractivity contribution in [3.05, 3.63) is 29.8 Å². The Balaban J connectivity index is 2.69. The van der Waals surface area contributed by atoms with Crippen LogP contribution in [0.5, 0.6) is 0 Å². The molecule has 0 heterocycles. The Hall–Kier alpha value is -1.11. The minimum Gasteiger partial charge on any atom is -0.399 e. The fraction of sp³-hybridized carbons (Fsp3) is 0.400. The molecule has 0 amide bonds. The van der Waals surface area contributed by atoms with Crippen molar-refractivity contribution >= 4 is 15.7 Å². The van der Waals surface area contributed by atoms with E-state index in [4.69, 9.17) is 10.8 Å². The van der Waals surface area contributed by atoms with Crippen LogP contribution in [0, 0.1) is 0 Å². The van der Waals surface area contributed by atoms with E-state index in [9.17, 15) is 8.42 Å². The number of nitrogens with one attached hydrogen (secondary N) is 1. The Morgan fingerprint density at radius 1 is 1.38 bits per heavy atom. The summed E-state index contributed by atoms with van der Waals surface area (Å²) < 4.78 is 25.6. The third-order valence-electron chi connectivity index (χ3n) is 1.99. The van der Waals surface area contributed by atoms with E-state index in [0.717, 1.165) is 0 Å². The van der Waals surface area contributed by atoms with Crippen LogP contribution in [0.3, 0.4) is 0 Å². The second-order valence-corrected chi connectivity index (χ2v) is 5.46. The Bertz CT molecular complexity index is 428. The maximum atomic E-state index is 11.6. The summed E-state index contributed by atoms with van der Waals surface area (Å²) in [6, 6.07) is 6.16. The molecule has 1 aromatic carbocycles. The van der Waals surface area contributed by atoms with Gasteiger partial charge in [-0.2, -0.15) is 0 Å². The SMILES string of the molecule is C[C@H](CO)NS(=O)(=O)Cc1ccc(N)cc1. The standard InChI is InChI=1S/C10H16N2O3S/c1-8(6-13)12-16(14,15)7-9-2-4-10(11)5-3-9/h2-5,8,12-13H,6-7,11H2,1H3/t8-/m1/s1. The minimum absolute atomic E-state index is 0.113. The molecule has 0 saturated heterocycles. The summed E-state index contributed by atoms with van der Waals surface area (Å²) >= 11 is 0. The highest BCUT2D eigenvalue weighted by Crippen LogP contribution is 2.08. The number of hydrogen-bond donors (Lipinski definition) is 3. The number of nitrogens with two attached hydrogens (primary N) is 1. The number of rotatable bonds is 5. The van der Waals surface area contributed by atoms with Crippen molar-refractivity contribution in [2.24, 2.45) is 0 Å². The predicted molar refractivity (Wildman–Crippen MR) is 63.2 cm³/mol. The summed E-state index contributed by atoms with van der Waals surface area (Å²) in [4.78, 5) is 0. The molecule has 0 saturated carbocycles. The molecule has 0 spiro atoms. The van der Waals surface area contributed by atoms with Crippen molar-refractivity contribution in [2.45, 2.75) is 18.7 Å². The molecule has 5 nitrogen and oxygen atoms in total. The lowest BCUT2D eigenvalue weighted by Crippen LogP contribution is -2.35. The fourth-order valence-corrected chi connectivity index (χ4v) is 2.62. The molecule has 0 aliphatic carbocycles. The van der Waals surface area contributed by atoms with Gasteiger partial charge in [0.25, 0.3) is 0 Å². The number of nitrogen functional groups attached to an aromatic ring is 1. The zero-order chi connectivity index (χ0) is 12.2. The van der Waals surface area contributed by atoms with Crippen LogP contribution >= 0.6 is 0 Å². The predicted octanol–water partition coefficient (Wildman–Crippen LogP) is 0.0690. The molecule has 1 rings (SSSR count). The molecule has 0 unspecified atom stereocenters. The van der Waals surface area contributed by atoms with Crippen LogP contribution in [0.25, 0.3) is 0 Å². The smallest absolute Gasteiger partial charge is 0.216 e. The molecule has 1 aromatic rings. The molecule has 0 aliphatic heterocycles. The lowest BCUT2D eigenvalue weighted by Gasteiger charge is -2.11. The molecule has 0 aromatic heterocycles. The van der Waals surface area contributed by atoms with E-state index in [-0.39, 0.29) is 12.4 Å². The van der Waals surface area contributed by atoms with Gasteiger partial charge in [-0.05, 0) is 24.6 Å². The van der Waals surface area contributed by atoms with Gasteiger partial charge in [0.2, 0.25) is 10.0 Å². The van der Waals surface area contributed by atoms with E-state index in [1.165, 1.54) is 0 Å². The maximum absolute atomic E-state index is 11.6. The highest BCUT2D eigenvalue weighted by Gasteiger charge is 2.14. The summed E-state index contributed by atoms with van der Waals surface area (Å²) in [6.45, 7) is 1.38. The van der Waals surface area contributed by atoms with Gasteiger partial charge in [-0.3, -0.25) is 0 Å². The Kier molecular flexibility index (Phi) is 4.28. The molecular formula is C10H16N2O3S. The van der Waals surface area contributed by atoms with Crippen molar-refractivity contribution in [3.8, 4) is 0 Å². The first-order chi connectivity index (χ1) is 7.43. The Morgan fingerprint density at radius 2 is 1.94 bits per heavy atom. The van der Waals surface area contributed by atoms with Gasteiger partial charge in [0.05, 0.1) is 12.4 Å². The van der Waals surface area contributed by atoms with E-state index in [2.05, 4.69) is 4.72 Å². The third kappa shape index (κ3) is 4.18. The first-order valence-electron chi connectivity index (χ1n) is 4.88. The largest absolute Gasteiger partial charge is 0.399 e. The topological polar surface area (TPSA) is 92.4 Å². The zero-order valence-electron chi connectivity index (χ0n) is 9.05. The minimum atomic E-state index is -3.41. The summed E-state index contributed by atoms with van der Waals surface area (Å²) in [5.41, 5.74) is 6.75. The van der Waals surface area contributed by atoms with Gasteiger partial charge in [0.1, 0.15) is 0 Å². The second-order valence-electron chi connectivity index (χ2n) is 3.70. The van der Waals surface area contributed by atoms with E-state index in [0.29, 0.717) is 11.3 Å². The summed E-state index contributed by atoms with van der Waals surface area (Å²) in [7, 11) is -3.41. The van der Waals surface area contributed by atoms with Gasteiger partial charge < -0.3 is 10.8 Å². The molecule has 1 atom stereocenters. The monoisotopic (exact) mass is 244 g/mol. The van der Waals surface area contributed by atoms with E-state index >= 15 is 0 Å². The zero-order valence-corrected chi connectivity index (χ0v) is 9.87. The van der Waals surface area contributed by atoms with Crippen LogP contribution in [0.2, 0.25) is 0 Å². The van der Waals surface area contributed by atoms with Gasteiger partial charge in [0.15, 0.2) is 0 Å². The number of aliphatic hydroxyl groups is 1. The average molecular weight is 244 g/mol. The highest BCUT2D eigenvalue weighted by molar-refractivity contribution is 7.88. The second kappa shape index (κ2) is 5.29. The lowest BCUT2D eigenvalue weighted by atomic mass is 10.2. The van der Waals surface area contributed by atoms with Crippen LogP contribution in [-0.4, -0.2) is 26.2 Å². The molecule has 6 heteroatoms. The van der Waals surface area contributed by atoms with Crippen molar-refractivity contribution in [2.75, 3.05) is 12.3 Å². The lowest BCUT2D eigenvalue weighted by molar-refractivity contribution is 0.265. The maximum Gasteiger partial charge on any atom is 0.216 e. The molecule has 0 fully saturated rings. The number of aliphatic hydroxyl groups excluding tert-OH is 1. The molecule has 0 radical (unpaired) electrons. The van der Waals surface area contributed by atoms with Crippen molar-refractivity contribution in [3.63, 3.8) is 0 Å². The van der Waals surface area contributed by atoms with Crippen LogP contribution < -0.4 is 10.5 Å². The van der Waals surface area contributed by atoms with Crippen molar-refractivity contribution < 1.29 is 13.5 Å². The Morgan fingerprint density at radius 3 is 2.44 bits per heavy atom. The molecule has 0 bridgehead atoms. The number of hydrogen-bond acceptors (Lipinski definition) is 4. The molecule has 4 N–H and O–H groups in total. The molecule has 16 heavy (non-hydrogen) atoms. The first kappa shape index (κ1) is 13.0. The van der Waals surface area contributed by atoms with E-state index in [1.807, 2.05) is 0 Å². The first-order valence-corrected chi connectivity index (χ1v) is 6.53. The quantitative estimate of drug-likeness (QED) is 0.639. The van der Waals surface area contributed by atoms with Crippen LogP contribution in [-0.2, 0) is 15.8 Å². The van der Waals surface area contributed by atoms with E-state index < -0.39 is 16.1 Å².